The van der Waals surface area contributed by atoms with E-state index in [1.807, 2.05) is 31.2 Å². The molecule has 0 radical (unpaired) electrons. The number of ether oxygens (including phenoxy) is 2. The number of anilines is 1. The van der Waals surface area contributed by atoms with E-state index in [-0.39, 0.29) is 5.91 Å². The third-order valence-electron chi connectivity index (χ3n) is 4.13. The molecule has 0 aliphatic carbocycles. The second-order valence-corrected chi connectivity index (χ2v) is 5.76. The summed E-state index contributed by atoms with van der Waals surface area (Å²) in [5, 5.41) is 4.03. The van der Waals surface area contributed by atoms with Gasteiger partial charge in [-0.3, -0.25) is 4.79 Å². The van der Waals surface area contributed by atoms with E-state index in [0.717, 1.165) is 24.3 Å². The van der Waals surface area contributed by atoms with Gasteiger partial charge in [-0.05, 0) is 68.8 Å². The Balaban J connectivity index is 2.00. The van der Waals surface area contributed by atoms with Gasteiger partial charge in [-0.2, -0.15) is 5.10 Å². The fourth-order valence-electron chi connectivity index (χ4n) is 2.68. The number of nitrogens with one attached hydrogen (secondary N) is 1. The zero-order valence-corrected chi connectivity index (χ0v) is 16.4. The molecule has 2 rings (SSSR count). The molecule has 0 bridgehead atoms. The number of carbonyl (C=O) groups is 1. The van der Waals surface area contributed by atoms with Crippen molar-refractivity contribution >= 4 is 17.8 Å². The van der Waals surface area contributed by atoms with Crippen LogP contribution < -0.4 is 19.8 Å². The Morgan fingerprint density at radius 3 is 2.37 bits per heavy atom. The molecule has 27 heavy (non-hydrogen) atoms. The zero-order chi connectivity index (χ0) is 19.6. The van der Waals surface area contributed by atoms with Crippen molar-refractivity contribution in [3.8, 4) is 11.5 Å². The van der Waals surface area contributed by atoms with Gasteiger partial charge in [0.2, 0.25) is 0 Å². The van der Waals surface area contributed by atoms with Crippen molar-refractivity contribution in [2.45, 2.75) is 20.8 Å². The standard InChI is InChI=1S/C21H27N3O3/c1-5-24(6-2)18-11-9-17(10-12-18)21(25)23-22-15-16-8-13-19(27-7-3)20(14-16)26-4/h8-15H,5-7H2,1-4H3,(H,23,25)/b22-15-. The summed E-state index contributed by atoms with van der Waals surface area (Å²) in [7, 11) is 1.59. The van der Waals surface area contributed by atoms with E-state index < -0.39 is 0 Å². The molecular formula is C21H27N3O3. The Labute approximate surface area is 160 Å². The topological polar surface area (TPSA) is 63.2 Å². The fraction of sp³-hybridized carbons (Fsp3) is 0.333. The third-order valence-corrected chi connectivity index (χ3v) is 4.13. The van der Waals surface area contributed by atoms with E-state index in [1.165, 1.54) is 0 Å². The highest BCUT2D eigenvalue weighted by Crippen LogP contribution is 2.27. The first-order valence-electron chi connectivity index (χ1n) is 9.12. The molecule has 6 heteroatoms. The highest BCUT2D eigenvalue weighted by Gasteiger charge is 2.07. The van der Waals surface area contributed by atoms with Gasteiger partial charge < -0.3 is 14.4 Å². The molecule has 0 aromatic heterocycles. The lowest BCUT2D eigenvalue weighted by atomic mass is 10.2. The van der Waals surface area contributed by atoms with Crippen molar-refractivity contribution in [3.05, 3.63) is 53.6 Å². The normalized spacial score (nSPS) is 10.7. The Hall–Kier alpha value is -3.02. The quantitative estimate of drug-likeness (QED) is 0.541. The third kappa shape index (κ3) is 5.48. The Kier molecular flexibility index (Phi) is 7.67. The summed E-state index contributed by atoms with van der Waals surface area (Å²) in [6.45, 7) is 8.55. The predicted molar refractivity (Wildman–Crippen MR) is 109 cm³/mol. The van der Waals surface area contributed by atoms with Gasteiger partial charge in [0.05, 0.1) is 19.9 Å². The molecule has 0 aliphatic heterocycles. The summed E-state index contributed by atoms with van der Waals surface area (Å²) in [6, 6.07) is 13.0. The maximum Gasteiger partial charge on any atom is 0.271 e. The van der Waals surface area contributed by atoms with Gasteiger partial charge in [-0.15, -0.1) is 0 Å². The molecule has 0 atom stereocenters. The molecule has 0 heterocycles. The SMILES string of the molecule is CCOc1ccc(/C=N\NC(=O)c2ccc(N(CC)CC)cc2)cc1OC. The van der Waals surface area contributed by atoms with Crippen LogP contribution in [0.3, 0.4) is 0 Å². The first-order chi connectivity index (χ1) is 13.1. The van der Waals surface area contributed by atoms with Crippen LogP contribution >= 0.6 is 0 Å². The lowest BCUT2D eigenvalue weighted by Gasteiger charge is -2.20. The highest BCUT2D eigenvalue weighted by molar-refractivity contribution is 5.95. The van der Waals surface area contributed by atoms with Crippen molar-refractivity contribution in [2.24, 2.45) is 5.10 Å². The second kappa shape index (κ2) is 10.2. The number of nitrogens with zero attached hydrogens (tertiary/aromatic N) is 2. The van der Waals surface area contributed by atoms with Crippen LogP contribution in [0.1, 0.15) is 36.7 Å². The average molecular weight is 369 g/mol. The lowest BCUT2D eigenvalue weighted by molar-refractivity contribution is 0.0955. The largest absolute Gasteiger partial charge is 0.493 e. The van der Waals surface area contributed by atoms with E-state index >= 15 is 0 Å². The van der Waals surface area contributed by atoms with Crippen molar-refractivity contribution in [3.63, 3.8) is 0 Å². The van der Waals surface area contributed by atoms with E-state index in [9.17, 15) is 4.79 Å². The number of rotatable bonds is 9. The molecule has 0 saturated carbocycles. The highest BCUT2D eigenvalue weighted by atomic mass is 16.5. The number of benzene rings is 2. The lowest BCUT2D eigenvalue weighted by Crippen LogP contribution is -2.22. The first kappa shape index (κ1) is 20.3. The molecule has 0 fully saturated rings. The molecule has 1 N–H and O–H groups in total. The van der Waals surface area contributed by atoms with E-state index in [2.05, 4.69) is 29.3 Å². The molecule has 0 saturated heterocycles. The van der Waals surface area contributed by atoms with Crippen LogP contribution in [0, 0.1) is 0 Å². The molecular weight excluding hydrogens is 342 g/mol. The number of amides is 1. The summed E-state index contributed by atoms with van der Waals surface area (Å²) in [6.07, 6.45) is 1.57. The van der Waals surface area contributed by atoms with Crippen LogP contribution in [0.4, 0.5) is 5.69 Å². The summed E-state index contributed by atoms with van der Waals surface area (Å²) >= 11 is 0. The predicted octanol–water partition coefficient (Wildman–Crippen LogP) is 3.70. The number of hydrazone groups is 1. The second-order valence-electron chi connectivity index (χ2n) is 5.76. The summed E-state index contributed by atoms with van der Waals surface area (Å²) in [5.74, 6) is 1.05. The van der Waals surface area contributed by atoms with Gasteiger partial charge in [0, 0.05) is 24.3 Å². The molecule has 2 aromatic rings. The monoisotopic (exact) mass is 369 g/mol. The van der Waals surface area contributed by atoms with Crippen LogP contribution in [0.25, 0.3) is 0 Å². The van der Waals surface area contributed by atoms with Gasteiger partial charge in [0.15, 0.2) is 11.5 Å². The number of hydrogen-bond acceptors (Lipinski definition) is 5. The maximum atomic E-state index is 12.2. The minimum absolute atomic E-state index is 0.254. The minimum Gasteiger partial charge on any atom is -0.493 e. The van der Waals surface area contributed by atoms with Crippen LogP contribution in [0.15, 0.2) is 47.6 Å². The van der Waals surface area contributed by atoms with Crippen molar-refractivity contribution in [2.75, 3.05) is 31.7 Å². The maximum absolute atomic E-state index is 12.2. The van der Waals surface area contributed by atoms with E-state index in [0.29, 0.717) is 23.7 Å². The molecule has 0 aliphatic rings. The zero-order valence-electron chi connectivity index (χ0n) is 16.4. The van der Waals surface area contributed by atoms with Crippen molar-refractivity contribution < 1.29 is 14.3 Å². The Morgan fingerprint density at radius 1 is 1.07 bits per heavy atom. The van der Waals surface area contributed by atoms with Crippen LogP contribution in [0.5, 0.6) is 11.5 Å². The average Bonchev–Trinajstić information content (AvgIpc) is 2.70. The van der Waals surface area contributed by atoms with Crippen LogP contribution in [0.2, 0.25) is 0 Å². The Bertz CT molecular complexity index is 769. The van der Waals surface area contributed by atoms with E-state index in [4.69, 9.17) is 9.47 Å². The van der Waals surface area contributed by atoms with Gasteiger partial charge in [-0.25, -0.2) is 5.43 Å². The van der Waals surface area contributed by atoms with Crippen LogP contribution in [-0.2, 0) is 0 Å². The summed E-state index contributed by atoms with van der Waals surface area (Å²) in [4.78, 5) is 14.5. The number of methoxy groups -OCH3 is 1. The molecule has 0 unspecified atom stereocenters. The number of carbonyl (C=O) groups excluding carboxylic acids is 1. The van der Waals surface area contributed by atoms with Gasteiger partial charge in [-0.1, -0.05) is 0 Å². The fourth-order valence-corrected chi connectivity index (χ4v) is 2.68. The molecule has 0 spiro atoms. The van der Waals surface area contributed by atoms with E-state index in [1.54, 1.807) is 31.5 Å². The smallest absolute Gasteiger partial charge is 0.271 e. The Morgan fingerprint density at radius 2 is 1.78 bits per heavy atom. The molecule has 6 nitrogen and oxygen atoms in total. The van der Waals surface area contributed by atoms with Crippen molar-refractivity contribution in [1.29, 1.82) is 0 Å². The molecule has 2 aromatic carbocycles. The van der Waals surface area contributed by atoms with Gasteiger partial charge in [0.1, 0.15) is 0 Å². The molecule has 144 valence electrons. The molecule has 1 amide bonds. The first-order valence-corrected chi connectivity index (χ1v) is 9.12. The number of hydrogen-bond donors (Lipinski definition) is 1. The summed E-state index contributed by atoms with van der Waals surface area (Å²) < 4.78 is 10.8. The van der Waals surface area contributed by atoms with Crippen molar-refractivity contribution in [1.82, 2.24) is 5.43 Å². The van der Waals surface area contributed by atoms with Crippen LogP contribution in [-0.4, -0.2) is 38.9 Å². The van der Waals surface area contributed by atoms with Gasteiger partial charge >= 0.3 is 0 Å². The summed E-state index contributed by atoms with van der Waals surface area (Å²) in [5.41, 5.74) is 5.01. The van der Waals surface area contributed by atoms with Gasteiger partial charge in [0.25, 0.3) is 5.91 Å². The minimum atomic E-state index is -0.254.